The number of para-hydroxylation sites is 1. The van der Waals surface area contributed by atoms with Gasteiger partial charge in [-0.3, -0.25) is 9.36 Å². The van der Waals surface area contributed by atoms with Crippen molar-refractivity contribution in [2.75, 3.05) is 43.4 Å². The van der Waals surface area contributed by atoms with Crippen LogP contribution in [0.2, 0.25) is 0 Å². The predicted molar refractivity (Wildman–Crippen MR) is 135 cm³/mol. The summed E-state index contributed by atoms with van der Waals surface area (Å²) in [6.07, 6.45) is 2.58. The van der Waals surface area contributed by atoms with Crippen LogP contribution in [0.15, 0.2) is 60.9 Å². The van der Waals surface area contributed by atoms with Crippen molar-refractivity contribution in [2.45, 2.75) is 0 Å². The van der Waals surface area contributed by atoms with Crippen LogP contribution < -0.4 is 21.3 Å². The number of carbonyl (C=O) groups is 2. The van der Waals surface area contributed by atoms with Crippen LogP contribution in [-0.2, 0) is 0 Å². The topological polar surface area (TPSA) is 121 Å². The van der Waals surface area contributed by atoms with E-state index in [0.29, 0.717) is 37.1 Å². The number of primary amides is 1. The Morgan fingerprint density at radius 2 is 1.83 bits per heavy atom. The molecule has 0 bridgehead atoms. The minimum Gasteiger partial charge on any atom is -0.368 e. The monoisotopic (exact) mass is 488 g/mol. The molecule has 5 rings (SSSR count). The highest BCUT2D eigenvalue weighted by atomic mass is 19.1. The van der Waals surface area contributed by atoms with Crippen molar-refractivity contribution in [3.05, 3.63) is 72.3 Å². The van der Waals surface area contributed by atoms with Crippen LogP contribution in [0, 0.1) is 5.82 Å². The molecule has 4 N–H and O–H groups in total. The summed E-state index contributed by atoms with van der Waals surface area (Å²) in [5, 5.41) is 6.41. The van der Waals surface area contributed by atoms with E-state index in [1.165, 1.54) is 10.8 Å². The summed E-state index contributed by atoms with van der Waals surface area (Å²) in [5.74, 6) is -1.05. The third-order valence-corrected chi connectivity index (χ3v) is 6.18. The molecule has 1 aliphatic heterocycles. The van der Waals surface area contributed by atoms with E-state index in [1.807, 2.05) is 24.3 Å². The van der Waals surface area contributed by atoms with Crippen molar-refractivity contribution < 1.29 is 14.0 Å². The quantitative estimate of drug-likeness (QED) is 0.397. The van der Waals surface area contributed by atoms with Crippen molar-refractivity contribution in [1.29, 1.82) is 0 Å². The van der Waals surface area contributed by atoms with Gasteiger partial charge in [0.1, 0.15) is 0 Å². The van der Waals surface area contributed by atoms with Crippen molar-refractivity contribution >= 4 is 40.2 Å². The molecular weight excluding hydrogens is 463 g/mol. The van der Waals surface area contributed by atoms with E-state index < -0.39 is 11.7 Å². The molecule has 0 saturated carbocycles. The second kappa shape index (κ2) is 9.53. The highest BCUT2D eigenvalue weighted by Crippen LogP contribution is 2.27. The van der Waals surface area contributed by atoms with Crippen molar-refractivity contribution in [3.8, 4) is 5.82 Å². The Morgan fingerprint density at radius 3 is 2.58 bits per heavy atom. The number of amides is 3. The van der Waals surface area contributed by atoms with E-state index >= 15 is 0 Å². The lowest BCUT2D eigenvalue weighted by atomic mass is 10.2. The van der Waals surface area contributed by atoms with E-state index in [4.69, 9.17) is 5.73 Å². The Labute approximate surface area is 206 Å². The molecule has 10 nitrogen and oxygen atoms in total. The average molecular weight is 489 g/mol. The van der Waals surface area contributed by atoms with Gasteiger partial charge in [0, 0.05) is 56.2 Å². The zero-order valence-corrected chi connectivity index (χ0v) is 19.6. The number of hydrogen-bond donors (Lipinski definition) is 3. The van der Waals surface area contributed by atoms with Gasteiger partial charge in [0.2, 0.25) is 5.95 Å². The Hall–Kier alpha value is -4.67. The van der Waals surface area contributed by atoms with Gasteiger partial charge in [-0.05, 0) is 24.3 Å². The van der Waals surface area contributed by atoms with Crippen LogP contribution in [0.25, 0.3) is 16.7 Å². The summed E-state index contributed by atoms with van der Waals surface area (Å²) < 4.78 is 16.3. The Balaban J connectivity index is 1.40. The Morgan fingerprint density at radius 1 is 1.06 bits per heavy atom. The Kier molecular flexibility index (Phi) is 6.11. The van der Waals surface area contributed by atoms with Gasteiger partial charge in [0.05, 0.1) is 17.3 Å². The van der Waals surface area contributed by atoms with E-state index in [2.05, 4.69) is 25.5 Å². The fourth-order valence-corrected chi connectivity index (χ4v) is 4.37. The number of carbonyl (C=O) groups excluding carboxylic acids is 2. The zero-order valence-electron chi connectivity index (χ0n) is 19.6. The summed E-state index contributed by atoms with van der Waals surface area (Å²) >= 11 is 0. The molecule has 0 unspecified atom stereocenters. The van der Waals surface area contributed by atoms with E-state index in [1.54, 1.807) is 36.2 Å². The van der Waals surface area contributed by atoms with E-state index in [0.717, 1.165) is 17.6 Å². The lowest BCUT2D eigenvalue weighted by molar-refractivity contribution is 0.100. The van der Waals surface area contributed by atoms with Gasteiger partial charge in [0.25, 0.3) is 5.91 Å². The van der Waals surface area contributed by atoms with E-state index in [-0.39, 0.29) is 23.4 Å². The summed E-state index contributed by atoms with van der Waals surface area (Å²) in [7, 11) is 1.63. The fraction of sp³-hybridized carbons (Fsp3) is 0.200. The molecule has 2 aromatic carbocycles. The van der Waals surface area contributed by atoms with Crippen molar-refractivity contribution in [3.63, 3.8) is 0 Å². The fourth-order valence-electron chi connectivity index (χ4n) is 4.37. The standard InChI is InChI=1S/C25H25FN8O2/c1-28-25(36)33-11-9-32(10-12-33)17-6-4-5-16(13-17)30-24-29-14-20(26)23(31-24)34-15-19(22(27)35)18-7-2-3-8-21(18)34/h2-8,13-15H,9-12H2,1H3,(H2,27,35)(H,28,36)(H,29,30,31). The first-order valence-electron chi connectivity index (χ1n) is 11.5. The number of rotatable bonds is 5. The van der Waals surface area contributed by atoms with Gasteiger partial charge in [-0.25, -0.2) is 14.2 Å². The van der Waals surface area contributed by atoms with Crippen LogP contribution in [0.5, 0.6) is 0 Å². The van der Waals surface area contributed by atoms with Crippen molar-refractivity contribution in [1.82, 2.24) is 24.8 Å². The molecule has 1 fully saturated rings. The maximum Gasteiger partial charge on any atom is 0.317 e. The predicted octanol–water partition coefficient (Wildman–Crippen LogP) is 2.86. The van der Waals surface area contributed by atoms with Gasteiger partial charge >= 0.3 is 6.03 Å². The molecule has 2 aromatic heterocycles. The zero-order chi connectivity index (χ0) is 25.2. The molecule has 0 atom stereocenters. The first kappa shape index (κ1) is 23.1. The van der Waals surface area contributed by atoms with Crippen LogP contribution in [0.3, 0.4) is 0 Å². The highest BCUT2D eigenvalue weighted by molar-refractivity contribution is 6.06. The first-order chi connectivity index (χ1) is 17.4. The molecule has 184 valence electrons. The molecule has 3 heterocycles. The third-order valence-electron chi connectivity index (χ3n) is 6.18. The van der Waals surface area contributed by atoms with E-state index in [9.17, 15) is 14.0 Å². The number of urea groups is 1. The number of benzene rings is 2. The van der Waals surface area contributed by atoms with Gasteiger partial charge in [-0.15, -0.1) is 0 Å². The smallest absolute Gasteiger partial charge is 0.317 e. The number of nitrogens with one attached hydrogen (secondary N) is 2. The maximum atomic E-state index is 14.8. The molecular formula is C25H25FN8O2. The molecule has 1 saturated heterocycles. The number of nitrogens with two attached hydrogens (primary N) is 1. The maximum absolute atomic E-state index is 14.8. The Bertz CT molecular complexity index is 1450. The van der Waals surface area contributed by atoms with Gasteiger partial charge in [-0.1, -0.05) is 24.3 Å². The first-order valence-corrected chi connectivity index (χ1v) is 11.5. The minimum absolute atomic E-state index is 0.00215. The molecule has 0 aliphatic carbocycles. The summed E-state index contributed by atoms with van der Waals surface area (Å²) in [4.78, 5) is 36.2. The molecule has 0 radical (unpaired) electrons. The molecule has 36 heavy (non-hydrogen) atoms. The normalized spacial score (nSPS) is 13.6. The number of fused-ring (bicyclic) bond motifs is 1. The van der Waals surface area contributed by atoms with Crippen LogP contribution in [-0.4, -0.2) is 64.6 Å². The second-order valence-electron chi connectivity index (χ2n) is 8.36. The number of nitrogens with zero attached hydrogens (tertiary/aromatic N) is 5. The number of halogens is 1. The summed E-state index contributed by atoms with van der Waals surface area (Å²) in [6, 6.07) is 14.8. The minimum atomic E-state index is -0.639. The summed E-state index contributed by atoms with van der Waals surface area (Å²) in [6.45, 7) is 2.66. The van der Waals surface area contributed by atoms with Crippen LogP contribution >= 0.6 is 0 Å². The highest BCUT2D eigenvalue weighted by Gasteiger charge is 2.21. The molecule has 0 spiro atoms. The lowest BCUT2D eigenvalue weighted by Gasteiger charge is -2.36. The molecule has 4 aromatic rings. The van der Waals surface area contributed by atoms with Gasteiger partial charge in [-0.2, -0.15) is 4.98 Å². The number of hydrogen-bond acceptors (Lipinski definition) is 6. The van der Waals surface area contributed by atoms with Crippen LogP contribution in [0.4, 0.5) is 26.5 Å². The van der Waals surface area contributed by atoms with Gasteiger partial charge < -0.3 is 26.2 Å². The van der Waals surface area contributed by atoms with Crippen LogP contribution in [0.1, 0.15) is 10.4 Å². The SMILES string of the molecule is CNC(=O)N1CCN(c2cccc(Nc3ncc(F)c(-n4cc(C(N)=O)c5ccccc54)n3)c2)CC1. The average Bonchev–Trinajstić information content (AvgIpc) is 3.29. The molecule has 11 heteroatoms. The molecule has 1 aliphatic rings. The van der Waals surface area contributed by atoms with Gasteiger partial charge in [0.15, 0.2) is 11.6 Å². The van der Waals surface area contributed by atoms with Crippen molar-refractivity contribution in [2.24, 2.45) is 5.73 Å². The number of piperazine rings is 1. The largest absolute Gasteiger partial charge is 0.368 e. The number of anilines is 3. The molecule has 3 amide bonds. The number of aromatic nitrogens is 3. The second-order valence-corrected chi connectivity index (χ2v) is 8.36. The summed E-state index contributed by atoms with van der Waals surface area (Å²) in [5.41, 5.74) is 8.13. The third kappa shape index (κ3) is 4.38. The lowest BCUT2D eigenvalue weighted by Crippen LogP contribution is -2.51.